The summed E-state index contributed by atoms with van der Waals surface area (Å²) in [5, 5.41) is 2.93. The van der Waals surface area contributed by atoms with Crippen LogP contribution in [0.2, 0.25) is 0 Å². The van der Waals surface area contributed by atoms with Gasteiger partial charge in [0, 0.05) is 25.7 Å². The lowest BCUT2D eigenvalue weighted by atomic mass is 10.2. The van der Waals surface area contributed by atoms with Crippen LogP contribution >= 0.6 is 0 Å². The molecule has 0 saturated carbocycles. The van der Waals surface area contributed by atoms with E-state index in [4.69, 9.17) is 0 Å². The lowest BCUT2D eigenvalue weighted by molar-refractivity contribution is -0.128. The molecule has 1 N–H and O–H groups in total. The first-order valence-corrected chi connectivity index (χ1v) is 5.33. The van der Waals surface area contributed by atoms with Gasteiger partial charge in [0.2, 0.25) is 5.91 Å². The fraction of sp³-hybridized carbons (Fsp3) is 0.417. The molecule has 0 saturated heterocycles. The van der Waals surface area contributed by atoms with Crippen molar-refractivity contribution >= 4 is 5.91 Å². The van der Waals surface area contributed by atoms with Crippen LogP contribution in [0.4, 0.5) is 4.39 Å². The van der Waals surface area contributed by atoms with E-state index in [1.54, 1.807) is 30.1 Å². The highest BCUT2D eigenvalue weighted by Crippen LogP contribution is 2.05. The molecule has 0 radical (unpaired) electrons. The second-order valence-electron chi connectivity index (χ2n) is 3.60. The largest absolute Gasteiger partial charge is 0.345 e. The third-order valence-electron chi connectivity index (χ3n) is 2.45. The third kappa shape index (κ3) is 3.62. The average Bonchev–Trinajstić information content (AvgIpc) is 2.30. The Morgan fingerprint density at radius 3 is 2.75 bits per heavy atom. The Labute approximate surface area is 95.3 Å². The molecule has 0 aromatic heterocycles. The van der Waals surface area contributed by atoms with Crippen LogP contribution in [0, 0.1) is 5.82 Å². The molecule has 0 aliphatic rings. The zero-order chi connectivity index (χ0) is 12.0. The molecule has 0 heterocycles. The van der Waals surface area contributed by atoms with Crippen molar-refractivity contribution in [1.82, 2.24) is 10.2 Å². The molecule has 1 rings (SSSR count). The van der Waals surface area contributed by atoms with E-state index in [0.29, 0.717) is 18.7 Å². The van der Waals surface area contributed by atoms with E-state index in [2.05, 4.69) is 5.32 Å². The highest BCUT2D eigenvalue weighted by atomic mass is 19.1. The van der Waals surface area contributed by atoms with Gasteiger partial charge >= 0.3 is 0 Å². The number of likely N-dealkylation sites (N-methyl/N-ethyl adjacent to an activating group) is 1. The normalized spacial score (nSPS) is 10.2. The summed E-state index contributed by atoms with van der Waals surface area (Å²) in [4.78, 5) is 13.0. The summed E-state index contributed by atoms with van der Waals surface area (Å²) in [7, 11) is 1.74. The predicted molar refractivity (Wildman–Crippen MR) is 61.4 cm³/mol. The molecule has 3 nitrogen and oxygen atoms in total. The quantitative estimate of drug-likeness (QED) is 0.819. The van der Waals surface area contributed by atoms with Gasteiger partial charge in [-0.3, -0.25) is 4.79 Å². The molecule has 16 heavy (non-hydrogen) atoms. The van der Waals surface area contributed by atoms with Gasteiger partial charge in [0.05, 0.1) is 6.54 Å². The van der Waals surface area contributed by atoms with Gasteiger partial charge in [-0.2, -0.15) is 0 Å². The summed E-state index contributed by atoms with van der Waals surface area (Å²) < 4.78 is 13.2. The number of carbonyl (C=O) groups is 1. The number of hydrogen-bond donors (Lipinski definition) is 1. The van der Waals surface area contributed by atoms with E-state index in [9.17, 15) is 9.18 Å². The lowest BCUT2D eigenvalue weighted by Crippen LogP contribution is -2.35. The Morgan fingerprint density at radius 1 is 1.44 bits per heavy atom. The van der Waals surface area contributed by atoms with Crippen molar-refractivity contribution in [3.05, 3.63) is 35.6 Å². The Hall–Kier alpha value is -1.42. The maximum atomic E-state index is 13.2. The van der Waals surface area contributed by atoms with Crippen LogP contribution < -0.4 is 5.32 Å². The minimum atomic E-state index is -0.244. The molecular weight excluding hydrogens is 207 g/mol. The number of benzene rings is 1. The monoisotopic (exact) mass is 224 g/mol. The molecule has 0 aliphatic carbocycles. The summed E-state index contributed by atoms with van der Waals surface area (Å²) in [6.07, 6.45) is 0. The topological polar surface area (TPSA) is 32.3 Å². The number of nitrogens with zero attached hydrogens (tertiary/aromatic N) is 1. The fourth-order valence-corrected chi connectivity index (χ4v) is 1.26. The van der Waals surface area contributed by atoms with Gasteiger partial charge in [-0.25, -0.2) is 4.39 Å². The van der Waals surface area contributed by atoms with Crippen LogP contribution in [0.1, 0.15) is 12.5 Å². The zero-order valence-electron chi connectivity index (χ0n) is 9.66. The molecular formula is C12H17FN2O. The van der Waals surface area contributed by atoms with E-state index < -0.39 is 0 Å². The first kappa shape index (κ1) is 12.6. The van der Waals surface area contributed by atoms with Crippen LogP contribution in [-0.2, 0) is 11.3 Å². The molecule has 1 amide bonds. The SMILES string of the molecule is CCN(C)C(=O)CNCc1ccccc1F. The second-order valence-corrected chi connectivity index (χ2v) is 3.60. The van der Waals surface area contributed by atoms with Gasteiger partial charge in [0.1, 0.15) is 5.82 Å². The van der Waals surface area contributed by atoms with Gasteiger partial charge < -0.3 is 10.2 Å². The first-order chi connectivity index (χ1) is 7.65. The predicted octanol–water partition coefficient (Wildman–Crippen LogP) is 1.39. The Balaban J connectivity index is 2.36. The van der Waals surface area contributed by atoms with Crippen molar-refractivity contribution in [3.63, 3.8) is 0 Å². The minimum Gasteiger partial charge on any atom is -0.345 e. The van der Waals surface area contributed by atoms with E-state index in [1.165, 1.54) is 6.07 Å². The number of nitrogens with one attached hydrogen (secondary N) is 1. The molecule has 0 aliphatic heterocycles. The van der Waals surface area contributed by atoms with E-state index in [1.807, 2.05) is 6.92 Å². The molecule has 0 atom stereocenters. The molecule has 1 aromatic rings. The van der Waals surface area contributed by atoms with Crippen molar-refractivity contribution in [2.24, 2.45) is 0 Å². The number of rotatable bonds is 5. The zero-order valence-corrected chi connectivity index (χ0v) is 9.66. The molecule has 0 spiro atoms. The summed E-state index contributed by atoms with van der Waals surface area (Å²) in [5.41, 5.74) is 0.578. The molecule has 0 fully saturated rings. The Morgan fingerprint density at radius 2 is 2.12 bits per heavy atom. The minimum absolute atomic E-state index is 0.0128. The van der Waals surface area contributed by atoms with Gasteiger partial charge in [-0.1, -0.05) is 18.2 Å². The standard InChI is InChI=1S/C12H17FN2O/c1-3-15(2)12(16)9-14-8-10-6-4-5-7-11(10)13/h4-7,14H,3,8-9H2,1-2H3. The molecule has 4 heteroatoms. The second kappa shape index (κ2) is 6.23. The van der Waals surface area contributed by atoms with Crippen LogP contribution in [0.3, 0.4) is 0 Å². The number of hydrogen-bond acceptors (Lipinski definition) is 2. The maximum Gasteiger partial charge on any atom is 0.236 e. The van der Waals surface area contributed by atoms with Crippen LogP contribution in [0.5, 0.6) is 0 Å². The first-order valence-electron chi connectivity index (χ1n) is 5.33. The van der Waals surface area contributed by atoms with E-state index in [0.717, 1.165) is 0 Å². The highest BCUT2D eigenvalue weighted by Gasteiger charge is 2.06. The summed E-state index contributed by atoms with van der Waals surface area (Å²) >= 11 is 0. The van der Waals surface area contributed by atoms with Gasteiger partial charge in [-0.15, -0.1) is 0 Å². The molecule has 0 unspecified atom stereocenters. The van der Waals surface area contributed by atoms with Gasteiger partial charge in [-0.05, 0) is 13.0 Å². The molecule has 0 bridgehead atoms. The highest BCUT2D eigenvalue weighted by molar-refractivity contribution is 5.77. The van der Waals surface area contributed by atoms with Crippen molar-refractivity contribution in [2.75, 3.05) is 20.1 Å². The van der Waals surface area contributed by atoms with Gasteiger partial charge in [0.25, 0.3) is 0 Å². The van der Waals surface area contributed by atoms with Gasteiger partial charge in [0.15, 0.2) is 0 Å². The number of carbonyl (C=O) groups excluding carboxylic acids is 1. The van der Waals surface area contributed by atoms with Crippen LogP contribution in [-0.4, -0.2) is 30.9 Å². The Bertz CT molecular complexity index is 355. The van der Waals surface area contributed by atoms with Crippen LogP contribution in [0.15, 0.2) is 24.3 Å². The van der Waals surface area contributed by atoms with Crippen molar-refractivity contribution in [1.29, 1.82) is 0 Å². The maximum absolute atomic E-state index is 13.2. The summed E-state index contributed by atoms with van der Waals surface area (Å²) in [6.45, 7) is 3.20. The van der Waals surface area contributed by atoms with Crippen molar-refractivity contribution < 1.29 is 9.18 Å². The fourth-order valence-electron chi connectivity index (χ4n) is 1.26. The van der Waals surface area contributed by atoms with Crippen molar-refractivity contribution in [3.8, 4) is 0 Å². The van der Waals surface area contributed by atoms with E-state index >= 15 is 0 Å². The Kier molecular flexibility index (Phi) is 4.92. The smallest absolute Gasteiger partial charge is 0.236 e. The lowest BCUT2D eigenvalue weighted by Gasteiger charge is -2.14. The summed E-state index contributed by atoms with van der Waals surface area (Å²) in [5.74, 6) is -0.231. The van der Waals surface area contributed by atoms with Crippen molar-refractivity contribution in [2.45, 2.75) is 13.5 Å². The number of halogens is 1. The van der Waals surface area contributed by atoms with E-state index in [-0.39, 0.29) is 18.3 Å². The average molecular weight is 224 g/mol. The number of amides is 1. The molecule has 1 aromatic carbocycles. The van der Waals surface area contributed by atoms with Crippen LogP contribution in [0.25, 0.3) is 0 Å². The summed E-state index contributed by atoms with van der Waals surface area (Å²) in [6, 6.07) is 6.54. The molecule has 88 valence electrons. The third-order valence-corrected chi connectivity index (χ3v) is 2.45.